The summed E-state index contributed by atoms with van der Waals surface area (Å²) in [4.78, 5) is 10.0. The summed E-state index contributed by atoms with van der Waals surface area (Å²) in [6.45, 7) is 1.91. The van der Waals surface area contributed by atoms with Gasteiger partial charge in [-0.3, -0.25) is 0 Å². The lowest BCUT2D eigenvalue weighted by Gasteiger charge is -2.13. The van der Waals surface area contributed by atoms with E-state index in [1.165, 1.54) is 0 Å². The minimum Gasteiger partial charge on any atom is -0.393 e. The minimum absolute atomic E-state index is 0.366. The zero-order valence-electron chi connectivity index (χ0n) is 9.69. The smallest absolute Gasteiger partial charge is 0.119 e. The van der Waals surface area contributed by atoms with Crippen molar-refractivity contribution >= 4 is 6.29 Å². The fraction of sp³-hybridized carbons (Fsp3) is 0.917. The van der Waals surface area contributed by atoms with E-state index in [9.17, 15) is 15.0 Å². The van der Waals surface area contributed by atoms with E-state index in [1.54, 1.807) is 0 Å². The summed E-state index contributed by atoms with van der Waals surface area (Å²) in [6, 6.07) is 0. The van der Waals surface area contributed by atoms with E-state index in [0.29, 0.717) is 19.3 Å². The standard InChI is InChI=1S/C12H24O3/c1-2-11(14)10-12(15)8-6-4-3-5-7-9-13/h9,11-12,14-15H,2-8,10H2,1H3. The van der Waals surface area contributed by atoms with Crippen molar-refractivity contribution in [2.24, 2.45) is 0 Å². The van der Waals surface area contributed by atoms with Gasteiger partial charge in [0, 0.05) is 6.42 Å². The van der Waals surface area contributed by atoms with Crippen LogP contribution in [0.5, 0.6) is 0 Å². The Morgan fingerprint density at radius 1 is 1.07 bits per heavy atom. The van der Waals surface area contributed by atoms with E-state index < -0.39 is 0 Å². The number of aliphatic hydroxyl groups is 2. The van der Waals surface area contributed by atoms with Crippen LogP contribution in [0.2, 0.25) is 0 Å². The number of aliphatic hydroxyl groups excluding tert-OH is 2. The van der Waals surface area contributed by atoms with Crippen LogP contribution < -0.4 is 0 Å². The zero-order chi connectivity index (χ0) is 11.5. The lowest BCUT2D eigenvalue weighted by atomic mass is 10.0. The summed E-state index contributed by atoms with van der Waals surface area (Å²) in [5.74, 6) is 0. The van der Waals surface area contributed by atoms with Gasteiger partial charge in [-0.15, -0.1) is 0 Å². The summed E-state index contributed by atoms with van der Waals surface area (Å²) >= 11 is 0. The Hall–Kier alpha value is -0.410. The monoisotopic (exact) mass is 216 g/mol. The highest BCUT2D eigenvalue weighted by Gasteiger charge is 2.09. The van der Waals surface area contributed by atoms with Crippen LogP contribution in [0, 0.1) is 0 Å². The van der Waals surface area contributed by atoms with E-state index in [4.69, 9.17) is 0 Å². The molecule has 0 aromatic heterocycles. The third-order valence-corrected chi connectivity index (χ3v) is 2.62. The molecule has 0 spiro atoms. The molecule has 0 heterocycles. The lowest BCUT2D eigenvalue weighted by Crippen LogP contribution is -2.16. The van der Waals surface area contributed by atoms with Gasteiger partial charge in [-0.25, -0.2) is 0 Å². The van der Waals surface area contributed by atoms with E-state index in [2.05, 4.69) is 0 Å². The predicted octanol–water partition coefficient (Wildman–Crippen LogP) is 2.05. The van der Waals surface area contributed by atoms with Crippen molar-refractivity contribution in [2.75, 3.05) is 0 Å². The first-order valence-electron chi connectivity index (χ1n) is 6.00. The fourth-order valence-corrected chi connectivity index (χ4v) is 1.56. The molecule has 0 aliphatic carbocycles. The number of unbranched alkanes of at least 4 members (excludes halogenated alkanes) is 4. The molecule has 0 saturated heterocycles. The first kappa shape index (κ1) is 14.6. The van der Waals surface area contributed by atoms with Gasteiger partial charge in [0.15, 0.2) is 0 Å². The zero-order valence-corrected chi connectivity index (χ0v) is 9.69. The van der Waals surface area contributed by atoms with Crippen molar-refractivity contribution in [1.29, 1.82) is 0 Å². The number of hydrogen-bond donors (Lipinski definition) is 2. The maximum atomic E-state index is 10.0. The average Bonchev–Trinajstić information content (AvgIpc) is 2.23. The molecule has 90 valence electrons. The highest BCUT2D eigenvalue weighted by molar-refractivity contribution is 5.48. The Labute approximate surface area is 92.5 Å². The van der Waals surface area contributed by atoms with Crippen LogP contribution in [0.15, 0.2) is 0 Å². The predicted molar refractivity (Wildman–Crippen MR) is 60.7 cm³/mol. The molecule has 2 unspecified atom stereocenters. The summed E-state index contributed by atoms with van der Waals surface area (Å²) < 4.78 is 0. The number of carbonyl (C=O) groups is 1. The van der Waals surface area contributed by atoms with E-state index in [-0.39, 0.29) is 12.2 Å². The summed E-state index contributed by atoms with van der Waals surface area (Å²) in [5.41, 5.74) is 0. The largest absolute Gasteiger partial charge is 0.393 e. The third-order valence-electron chi connectivity index (χ3n) is 2.62. The van der Waals surface area contributed by atoms with Crippen LogP contribution >= 0.6 is 0 Å². The van der Waals surface area contributed by atoms with Crippen LogP contribution in [0.3, 0.4) is 0 Å². The van der Waals surface area contributed by atoms with E-state index in [1.807, 2.05) is 6.92 Å². The van der Waals surface area contributed by atoms with Gasteiger partial charge in [0.1, 0.15) is 6.29 Å². The summed E-state index contributed by atoms with van der Waals surface area (Å²) in [7, 11) is 0. The quantitative estimate of drug-likeness (QED) is 0.434. The summed E-state index contributed by atoms with van der Waals surface area (Å²) in [6.07, 6.45) is 6.88. The molecule has 0 radical (unpaired) electrons. The van der Waals surface area contributed by atoms with E-state index in [0.717, 1.165) is 38.4 Å². The number of hydrogen-bond acceptors (Lipinski definition) is 3. The topological polar surface area (TPSA) is 57.5 Å². The van der Waals surface area contributed by atoms with Crippen LogP contribution in [0.25, 0.3) is 0 Å². The molecule has 0 amide bonds. The SMILES string of the molecule is CCC(O)CC(O)CCCCCCC=O. The molecule has 0 aliphatic heterocycles. The molecule has 0 bridgehead atoms. The second-order valence-corrected chi connectivity index (χ2v) is 4.11. The maximum absolute atomic E-state index is 10.0. The molecule has 0 aromatic carbocycles. The Kier molecular flexibility index (Phi) is 9.84. The average molecular weight is 216 g/mol. The number of aldehydes is 1. The normalized spacial score (nSPS) is 14.9. The molecule has 3 nitrogen and oxygen atoms in total. The van der Waals surface area contributed by atoms with Crippen molar-refractivity contribution in [3.8, 4) is 0 Å². The van der Waals surface area contributed by atoms with Gasteiger partial charge in [-0.05, 0) is 25.7 Å². The van der Waals surface area contributed by atoms with Gasteiger partial charge < -0.3 is 15.0 Å². The fourth-order valence-electron chi connectivity index (χ4n) is 1.56. The van der Waals surface area contributed by atoms with Crippen molar-refractivity contribution in [3.63, 3.8) is 0 Å². The van der Waals surface area contributed by atoms with Crippen molar-refractivity contribution in [3.05, 3.63) is 0 Å². The Bertz CT molecular complexity index is 148. The highest BCUT2D eigenvalue weighted by Crippen LogP contribution is 2.11. The van der Waals surface area contributed by atoms with Gasteiger partial charge in [0.05, 0.1) is 12.2 Å². The van der Waals surface area contributed by atoms with Gasteiger partial charge in [-0.2, -0.15) is 0 Å². The molecule has 0 aliphatic rings. The van der Waals surface area contributed by atoms with Gasteiger partial charge in [-0.1, -0.05) is 26.2 Å². The van der Waals surface area contributed by atoms with Crippen molar-refractivity contribution < 1.29 is 15.0 Å². The van der Waals surface area contributed by atoms with Crippen LogP contribution in [-0.2, 0) is 4.79 Å². The Balaban J connectivity index is 3.23. The first-order chi connectivity index (χ1) is 7.20. The van der Waals surface area contributed by atoms with Gasteiger partial charge in [0.25, 0.3) is 0 Å². The van der Waals surface area contributed by atoms with Crippen molar-refractivity contribution in [2.45, 2.75) is 70.5 Å². The van der Waals surface area contributed by atoms with Gasteiger partial charge in [0.2, 0.25) is 0 Å². The van der Waals surface area contributed by atoms with E-state index >= 15 is 0 Å². The molecular formula is C12H24O3. The molecule has 0 fully saturated rings. The lowest BCUT2D eigenvalue weighted by molar-refractivity contribution is -0.107. The minimum atomic E-state index is -0.369. The van der Waals surface area contributed by atoms with Crippen LogP contribution in [0.1, 0.15) is 58.3 Å². The molecule has 2 N–H and O–H groups in total. The molecule has 15 heavy (non-hydrogen) atoms. The highest BCUT2D eigenvalue weighted by atomic mass is 16.3. The van der Waals surface area contributed by atoms with Crippen LogP contribution in [-0.4, -0.2) is 28.7 Å². The van der Waals surface area contributed by atoms with Crippen molar-refractivity contribution in [1.82, 2.24) is 0 Å². The number of carbonyl (C=O) groups excluding carboxylic acids is 1. The molecule has 0 rings (SSSR count). The number of rotatable bonds is 10. The molecular weight excluding hydrogens is 192 g/mol. The summed E-state index contributed by atoms with van der Waals surface area (Å²) in [5, 5.41) is 18.8. The molecule has 0 aromatic rings. The second kappa shape index (κ2) is 10.1. The Morgan fingerprint density at radius 3 is 2.33 bits per heavy atom. The third kappa shape index (κ3) is 9.88. The van der Waals surface area contributed by atoms with Gasteiger partial charge >= 0.3 is 0 Å². The molecule has 2 atom stereocenters. The molecule has 0 saturated carbocycles. The van der Waals surface area contributed by atoms with Crippen LogP contribution in [0.4, 0.5) is 0 Å². The first-order valence-corrected chi connectivity index (χ1v) is 6.00. The second-order valence-electron chi connectivity index (χ2n) is 4.11. The Morgan fingerprint density at radius 2 is 1.73 bits per heavy atom. The molecule has 3 heteroatoms. The maximum Gasteiger partial charge on any atom is 0.119 e.